The largest absolute Gasteiger partial charge is 0.463 e. The van der Waals surface area contributed by atoms with E-state index in [-0.39, 0.29) is 11.7 Å². The second-order valence-electron chi connectivity index (χ2n) is 6.16. The lowest BCUT2D eigenvalue weighted by Gasteiger charge is -2.16. The molecule has 27 heavy (non-hydrogen) atoms. The molecule has 0 N–H and O–H groups in total. The van der Waals surface area contributed by atoms with Crippen LogP contribution in [0.4, 0.5) is 5.69 Å². The maximum absolute atomic E-state index is 12.7. The second-order valence-corrected chi connectivity index (χ2v) is 7.10. The van der Waals surface area contributed by atoms with Gasteiger partial charge in [0.05, 0.1) is 12.0 Å². The first-order valence-corrected chi connectivity index (χ1v) is 9.55. The number of benzene rings is 1. The topological polar surface area (TPSA) is 76.5 Å². The van der Waals surface area contributed by atoms with Crippen molar-refractivity contribution >= 4 is 29.0 Å². The van der Waals surface area contributed by atoms with Crippen LogP contribution in [0.25, 0.3) is 17.1 Å². The highest BCUT2D eigenvalue weighted by atomic mass is 32.2. The van der Waals surface area contributed by atoms with Crippen molar-refractivity contribution in [1.82, 2.24) is 19.8 Å². The van der Waals surface area contributed by atoms with Crippen molar-refractivity contribution in [3.05, 3.63) is 60.4 Å². The molecule has 1 amide bonds. The second kappa shape index (κ2) is 6.55. The number of carbonyl (C=O) groups excluding carboxylic acids is 1. The summed E-state index contributed by atoms with van der Waals surface area (Å²) < 4.78 is 7.05. The minimum absolute atomic E-state index is 0.0592. The van der Waals surface area contributed by atoms with Gasteiger partial charge in [-0.05, 0) is 42.3 Å². The number of rotatable bonds is 4. The third kappa shape index (κ3) is 2.87. The van der Waals surface area contributed by atoms with Crippen LogP contribution in [-0.2, 0) is 11.2 Å². The normalized spacial score (nSPS) is 13.3. The highest BCUT2D eigenvalue weighted by Crippen LogP contribution is 2.29. The van der Waals surface area contributed by atoms with Crippen molar-refractivity contribution < 1.29 is 9.21 Å². The van der Waals surface area contributed by atoms with Gasteiger partial charge in [0.15, 0.2) is 11.4 Å². The number of nitrogens with zero attached hydrogens (tertiary/aromatic N) is 5. The summed E-state index contributed by atoms with van der Waals surface area (Å²) in [6, 6.07) is 15.4. The quantitative estimate of drug-likeness (QED) is 0.509. The average molecular weight is 377 g/mol. The van der Waals surface area contributed by atoms with Crippen molar-refractivity contribution in [2.24, 2.45) is 0 Å². The number of furan rings is 1. The molecule has 1 aliphatic rings. The SMILES string of the molecule is O=C(CSc1nnc2ccc(-c3ccco3)nn12)N1CCc2ccccc21. The number of hydrogen-bond donors (Lipinski definition) is 0. The van der Waals surface area contributed by atoms with Gasteiger partial charge in [-0.3, -0.25) is 4.79 Å². The van der Waals surface area contributed by atoms with Crippen LogP contribution in [0, 0.1) is 0 Å². The summed E-state index contributed by atoms with van der Waals surface area (Å²) in [6.45, 7) is 0.722. The third-order valence-corrected chi connectivity index (χ3v) is 5.42. The lowest BCUT2D eigenvalue weighted by Crippen LogP contribution is -2.30. The van der Waals surface area contributed by atoms with Crippen LogP contribution in [0.1, 0.15) is 5.56 Å². The molecule has 0 bridgehead atoms. The molecule has 0 fully saturated rings. The first-order valence-electron chi connectivity index (χ1n) is 8.57. The van der Waals surface area contributed by atoms with Gasteiger partial charge in [0.1, 0.15) is 5.69 Å². The Balaban J connectivity index is 1.36. The molecular formula is C19H15N5O2S. The molecule has 1 aliphatic heterocycles. The van der Waals surface area contributed by atoms with Crippen LogP contribution < -0.4 is 4.90 Å². The summed E-state index contributed by atoms with van der Waals surface area (Å²) in [6.07, 6.45) is 2.50. The zero-order chi connectivity index (χ0) is 18.2. The van der Waals surface area contributed by atoms with Gasteiger partial charge in [0.2, 0.25) is 11.1 Å². The molecule has 7 nitrogen and oxygen atoms in total. The van der Waals surface area contributed by atoms with E-state index in [2.05, 4.69) is 21.4 Å². The molecule has 8 heteroatoms. The fourth-order valence-corrected chi connectivity index (χ4v) is 3.98. The van der Waals surface area contributed by atoms with Gasteiger partial charge in [-0.1, -0.05) is 30.0 Å². The third-order valence-electron chi connectivity index (χ3n) is 4.52. The number of para-hydroxylation sites is 1. The fraction of sp³-hybridized carbons (Fsp3) is 0.158. The van der Waals surface area contributed by atoms with E-state index in [1.165, 1.54) is 17.3 Å². The van der Waals surface area contributed by atoms with Crippen LogP contribution in [0.2, 0.25) is 0 Å². The van der Waals surface area contributed by atoms with Crippen LogP contribution in [0.15, 0.2) is 64.4 Å². The summed E-state index contributed by atoms with van der Waals surface area (Å²) >= 11 is 1.34. The number of thioether (sulfide) groups is 1. The van der Waals surface area contributed by atoms with E-state index in [0.717, 1.165) is 18.7 Å². The summed E-state index contributed by atoms with van der Waals surface area (Å²) in [5.74, 6) is 1.01. The monoisotopic (exact) mass is 377 g/mol. The maximum Gasteiger partial charge on any atom is 0.237 e. The van der Waals surface area contributed by atoms with Crippen LogP contribution in [-0.4, -0.2) is 38.0 Å². The highest BCUT2D eigenvalue weighted by molar-refractivity contribution is 7.99. The lowest BCUT2D eigenvalue weighted by atomic mass is 10.2. The van der Waals surface area contributed by atoms with Gasteiger partial charge in [-0.2, -0.15) is 9.61 Å². The Morgan fingerprint density at radius 3 is 2.93 bits per heavy atom. The summed E-state index contributed by atoms with van der Waals surface area (Å²) in [5, 5.41) is 13.4. The van der Waals surface area contributed by atoms with E-state index in [9.17, 15) is 4.79 Å². The van der Waals surface area contributed by atoms with Gasteiger partial charge in [-0.15, -0.1) is 10.2 Å². The standard InChI is InChI=1S/C19H15N5O2S/c25-18(23-10-9-13-4-1-2-5-15(13)23)12-27-19-21-20-17-8-7-14(22-24(17)19)16-6-3-11-26-16/h1-8,11H,9-10,12H2. The molecule has 0 spiro atoms. The van der Waals surface area contributed by atoms with E-state index in [4.69, 9.17) is 4.42 Å². The molecule has 0 saturated heterocycles. The van der Waals surface area contributed by atoms with Crippen molar-refractivity contribution in [2.75, 3.05) is 17.2 Å². The zero-order valence-corrected chi connectivity index (χ0v) is 15.1. The predicted octanol–water partition coefficient (Wildman–Crippen LogP) is 3.07. The molecule has 4 heterocycles. The molecular weight excluding hydrogens is 362 g/mol. The number of aromatic nitrogens is 4. The number of fused-ring (bicyclic) bond motifs is 2. The fourth-order valence-electron chi connectivity index (χ4n) is 3.22. The molecule has 4 aromatic rings. The summed E-state index contributed by atoms with van der Waals surface area (Å²) in [4.78, 5) is 14.5. The Bertz CT molecular complexity index is 1120. The Labute approximate surface area is 159 Å². The molecule has 0 saturated carbocycles. The summed E-state index contributed by atoms with van der Waals surface area (Å²) in [7, 11) is 0. The van der Waals surface area contributed by atoms with E-state index >= 15 is 0 Å². The molecule has 3 aromatic heterocycles. The van der Waals surface area contributed by atoms with E-state index < -0.39 is 0 Å². The van der Waals surface area contributed by atoms with Gasteiger partial charge in [-0.25, -0.2) is 0 Å². The first kappa shape index (κ1) is 16.1. The predicted molar refractivity (Wildman–Crippen MR) is 102 cm³/mol. The number of amides is 1. The van der Waals surface area contributed by atoms with Crippen molar-refractivity contribution in [3.8, 4) is 11.5 Å². The first-order chi connectivity index (χ1) is 13.3. The van der Waals surface area contributed by atoms with Crippen LogP contribution >= 0.6 is 11.8 Å². The maximum atomic E-state index is 12.7. The molecule has 0 unspecified atom stereocenters. The minimum atomic E-state index is 0.0592. The molecule has 134 valence electrons. The highest BCUT2D eigenvalue weighted by Gasteiger charge is 2.24. The number of anilines is 1. The van der Waals surface area contributed by atoms with Gasteiger partial charge < -0.3 is 9.32 Å². The van der Waals surface area contributed by atoms with E-state index in [0.29, 0.717) is 22.3 Å². The lowest BCUT2D eigenvalue weighted by molar-refractivity contribution is -0.116. The van der Waals surface area contributed by atoms with E-state index in [1.807, 2.05) is 47.4 Å². The Kier molecular flexibility index (Phi) is 3.90. The Morgan fingerprint density at radius 1 is 1.11 bits per heavy atom. The minimum Gasteiger partial charge on any atom is -0.463 e. The molecule has 5 rings (SSSR count). The summed E-state index contributed by atoms with van der Waals surface area (Å²) in [5.41, 5.74) is 3.54. The van der Waals surface area contributed by atoms with Crippen molar-refractivity contribution in [3.63, 3.8) is 0 Å². The number of hydrogen-bond acceptors (Lipinski definition) is 6. The van der Waals surface area contributed by atoms with Gasteiger partial charge in [0.25, 0.3) is 0 Å². The van der Waals surface area contributed by atoms with Gasteiger partial charge in [0, 0.05) is 12.2 Å². The van der Waals surface area contributed by atoms with Crippen molar-refractivity contribution in [2.45, 2.75) is 11.6 Å². The Hall–Kier alpha value is -3.13. The smallest absolute Gasteiger partial charge is 0.237 e. The zero-order valence-electron chi connectivity index (χ0n) is 14.3. The molecule has 0 radical (unpaired) electrons. The average Bonchev–Trinajstić information content (AvgIpc) is 3.45. The van der Waals surface area contributed by atoms with Gasteiger partial charge >= 0.3 is 0 Å². The van der Waals surface area contributed by atoms with Crippen molar-refractivity contribution in [1.29, 1.82) is 0 Å². The van der Waals surface area contributed by atoms with Crippen LogP contribution in [0.5, 0.6) is 0 Å². The number of carbonyl (C=O) groups is 1. The molecule has 1 aromatic carbocycles. The molecule has 0 aliphatic carbocycles. The molecule has 0 atom stereocenters. The van der Waals surface area contributed by atoms with E-state index in [1.54, 1.807) is 10.8 Å². The Morgan fingerprint density at radius 2 is 2.04 bits per heavy atom. The van der Waals surface area contributed by atoms with Crippen LogP contribution in [0.3, 0.4) is 0 Å².